The van der Waals surface area contributed by atoms with E-state index in [1.165, 1.54) is 22.0 Å². The van der Waals surface area contributed by atoms with Crippen molar-refractivity contribution >= 4 is 16.8 Å². The van der Waals surface area contributed by atoms with Crippen molar-refractivity contribution in [1.29, 1.82) is 0 Å². The van der Waals surface area contributed by atoms with Gasteiger partial charge >= 0.3 is 0 Å². The van der Waals surface area contributed by atoms with Crippen LogP contribution < -0.4 is 5.73 Å². The number of benzene rings is 1. The third-order valence-corrected chi connectivity index (χ3v) is 5.49. The van der Waals surface area contributed by atoms with E-state index in [2.05, 4.69) is 41.2 Å². The van der Waals surface area contributed by atoms with Crippen molar-refractivity contribution < 1.29 is 4.79 Å². The van der Waals surface area contributed by atoms with Gasteiger partial charge in [-0.25, -0.2) is 0 Å². The van der Waals surface area contributed by atoms with Crippen LogP contribution in [0.25, 0.3) is 10.9 Å². The number of carbonyl (C=O) groups excluding carboxylic acids is 1. The van der Waals surface area contributed by atoms with E-state index in [4.69, 9.17) is 5.73 Å². The number of carbonyl (C=O) groups is 1. The van der Waals surface area contributed by atoms with Crippen LogP contribution in [0.2, 0.25) is 0 Å². The molecule has 0 unspecified atom stereocenters. The Morgan fingerprint density at radius 1 is 1.45 bits per heavy atom. The standard InChI is InChI=1S/C18H23N3O/c1-2-6-21-10-12(18(19)22)7-14-13-4-3-5-15-17(13)11(9-20-15)8-16(14)21/h3-5,9,12,14,16,20H,2,6-8,10H2,1H3,(H2,19,22)/t12-,14-,16-/m1/s1. The van der Waals surface area contributed by atoms with Gasteiger partial charge in [-0.2, -0.15) is 0 Å². The largest absolute Gasteiger partial charge is 0.369 e. The molecule has 2 aliphatic rings. The number of nitrogens with two attached hydrogens (primary N) is 1. The third kappa shape index (κ3) is 1.97. The highest BCUT2D eigenvalue weighted by molar-refractivity contribution is 5.88. The van der Waals surface area contributed by atoms with Crippen LogP contribution in [-0.2, 0) is 11.2 Å². The molecule has 1 saturated heterocycles. The molecule has 1 fully saturated rings. The number of aromatic nitrogens is 1. The molecule has 1 aliphatic heterocycles. The van der Waals surface area contributed by atoms with Gasteiger partial charge in [-0.3, -0.25) is 9.69 Å². The zero-order valence-electron chi connectivity index (χ0n) is 13.0. The fourth-order valence-corrected chi connectivity index (χ4v) is 4.55. The molecule has 0 saturated carbocycles. The second-order valence-electron chi connectivity index (χ2n) is 6.79. The first-order chi connectivity index (χ1) is 10.7. The molecule has 116 valence electrons. The SMILES string of the molecule is CCCN1C[C@H](C(N)=O)C[C@@H]2c3cccc4[nH]cc(c34)C[C@H]21. The summed E-state index contributed by atoms with van der Waals surface area (Å²) >= 11 is 0. The smallest absolute Gasteiger partial charge is 0.221 e. The fraction of sp³-hybridized carbons (Fsp3) is 0.500. The second kappa shape index (κ2) is 5.13. The lowest BCUT2D eigenvalue weighted by molar-refractivity contribution is -0.124. The van der Waals surface area contributed by atoms with Crippen molar-refractivity contribution in [3.05, 3.63) is 35.5 Å². The average Bonchev–Trinajstić information content (AvgIpc) is 2.93. The van der Waals surface area contributed by atoms with Gasteiger partial charge in [-0.15, -0.1) is 0 Å². The zero-order valence-corrected chi connectivity index (χ0v) is 13.0. The first-order valence-electron chi connectivity index (χ1n) is 8.31. The summed E-state index contributed by atoms with van der Waals surface area (Å²) in [6, 6.07) is 7.01. The molecule has 1 amide bonds. The van der Waals surface area contributed by atoms with Crippen LogP contribution in [0.5, 0.6) is 0 Å². The molecule has 4 heteroatoms. The molecular formula is C18H23N3O. The van der Waals surface area contributed by atoms with E-state index in [1.54, 1.807) is 0 Å². The Bertz CT molecular complexity index is 720. The zero-order chi connectivity index (χ0) is 15.3. The molecule has 1 aliphatic carbocycles. The summed E-state index contributed by atoms with van der Waals surface area (Å²) in [4.78, 5) is 17.7. The highest BCUT2D eigenvalue weighted by Gasteiger charge is 2.41. The molecule has 0 bridgehead atoms. The normalized spacial score (nSPS) is 27.8. The number of rotatable bonds is 3. The maximum atomic E-state index is 11.8. The number of amides is 1. The molecule has 4 rings (SSSR count). The summed E-state index contributed by atoms with van der Waals surface area (Å²) < 4.78 is 0. The summed E-state index contributed by atoms with van der Waals surface area (Å²) in [7, 11) is 0. The minimum Gasteiger partial charge on any atom is -0.369 e. The minimum atomic E-state index is -0.147. The summed E-state index contributed by atoms with van der Waals surface area (Å²) in [5, 5.41) is 1.38. The number of primary amides is 1. The number of nitrogens with one attached hydrogen (secondary N) is 1. The van der Waals surface area contributed by atoms with Gasteiger partial charge in [0.2, 0.25) is 5.91 Å². The van der Waals surface area contributed by atoms with E-state index in [1.807, 2.05) is 0 Å². The molecule has 0 spiro atoms. The van der Waals surface area contributed by atoms with E-state index in [0.29, 0.717) is 12.0 Å². The molecule has 2 aromatic rings. The highest BCUT2D eigenvalue weighted by Crippen LogP contribution is 2.44. The molecule has 1 aromatic carbocycles. The number of hydrogen-bond donors (Lipinski definition) is 2. The monoisotopic (exact) mass is 297 g/mol. The predicted molar refractivity (Wildman–Crippen MR) is 87.7 cm³/mol. The number of nitrogens with zero attached hydrogens (tertiary/aromatic N) is 1. The van der Waals surface area contributed by atoms with Crippen LogP contribution in [-0.4, -0.2) is 34.9 Å². The van der Waals surface area contributed by atoms with Crippen LogP contribution in [0.3, 0.4) is 0 Å². The molecular weight excluding hydrogens is 274 g/mol. The van der Waals surface area contributed by atoms with Crippen LogP contribution in [0, 0.1) is 5.92 Å². The van der Waals surface area contributed by atoms with Crippen LogP contribution >= 0.6 is 0 Å². The number of hydrogen-bond acceptors (Lipinski definition) is 2. The number of H-pyrrole nitrogens is 1. The van der Waals surface area contributed by atoms with Gasteiger partial charge in [-0.05, 0) is 43.0 Å². The summed E-state index contributed by atoms with van der Waals surface area (Å²) in [5.74, 6) is 0.250. The maximum absolute atomic E-state index is 11.8. The van der Waals surface area contributed by atoms with Gasteiger partial charge in [0.25, 0.3) is 0 Å². The Morgan fingerprint density at radius 2 is 2.32 bits per heavy atom. The van der Waals surface area contributed by atoms with E-state index >= 15 is 0 Å². The highest BCUT2D eigenvalue weighted by atomic mass is 16.1. The van der Waals surface area contributed by atoms with Gasteiger partial charge in [0.1, 0.15) is 0 Å². The van der Waals surface area contributed by atoms with Crippen molar-refractivity contribution in [3.63, 3.8) is 0 Å². The molecule has 3 N–H and O–H groups in total. The van der Waals surface area contributed by atoms with Gasteiger partial charge in [0, 0.05) is 35.6 Å². The molecule has 1 aromatic heterocycles. The fourth-order valence-electron chi connectivity index (χ4n) is 4.55. The second-order valence-corrected chi connectivity index (χ2v) is 6.79. The number of aromatic amines is 1. The van der Waals surface area contributed by atoms with E-state index in [0.717, 1.165) is 32.4 Å². The van der Waals surface area contributed by atoms with E-state index < -0.39 is 0 Å². The lowest BCUT2D eigenvalue weighted by Gasteiger charge is -2.46. The van der Waals surface area contributed by atoms with Gasteiger partial charge in [-0.1, -0.05) is 19.1 Å². The summed E-state index contributed by atoms with van der Waals surface area (Å²) in [6.07, 6.45) is 5.24. The Morgan fingerprint density at radius 3 is 3.09 bits per heavy atom. The molecule has 2 heterocycles. The van der Waals surface area contributed by atoms with Crippen molar-refractivity contribution in [2.24, 2.45) is 11.7 Å². The summed E-state index contributed by atoms with van der Waals surface area (Å²) in [5.41, 5.74) is 9.69. The maximum Gasteiger partial charge on any atom is 0.221 e. The molecule has 3 atom stereocenters. The van der Waals surface area contributed by atoms with Crippen molar-refractivity contribution in [2.45, 2.75) is 38.1 Å². The lowest BCUT2D eigenvalue weighted by Crippen LogP contribution is -2.52. The Hall–Kier alpha value is -1.81. The van der Waals surface area contributed by atoms with E-state index in [-0.39, 0.29) is 11.8 Å². The summed E-state index contributed by atoms with van der Waals surface area (Å²) in [6.45, 7) is 4.06. The Balaban J connectivity index is 1.80. The number of likely N-dealkylation sites (tertiary alicyclic amines) is 1. The van der Waals surface area contributed by atoms with Gasteiger partial charge in [0.05, 0.1) is 5.92 Å². The van der Waals surface area contributed by atoms with Crippen LogP contribution in [0.4, 0.5) is 0 Å². The van der Waals surface area contributed by atoms with Crippen LogP contribution in [0.1, 0.15) is 36.8 Å². The van der Waals surface area contributed by atoms with Crippen molar-refractivity contribution in [2.75, 3.05) is 13.1 Å². The first kappa shape index (κ1) is 13.8. The lowest BCUT2D eigenvalue weighted by atomic mass is 9.72. The topological polar surface area (TPSA) is 62.1 Å². The number of fused-ring (bicyclic) bond motifs is 2. The minimum absolute atomic E-state index is 0.0245. The third-order valence-electron chi connectivity index (χ3n) is 5.49. The Labute approximate surface area is 130 Å². The van der Waals surface area contributed by atoms with E-state index in [9.17, 15) is 4.79 Å². The first-order valence-corrected chi connectivity index (χ1v) is 8.31. The average molecular weight is 297 g/mol. The van der Waals surface area contributed by atoms with Crippen LogP contribution in [0.15, 0.2) is 24.4 Å². The predicted octanol–water partition coefficient (Wildman–Crippen LogP) is 2.39. The van der Waals surface area contributed by atoms with Gasteiger partial charge < -0.3 is 10.7 Å². The number of piperidine rings is 1. The van der Waals surface area contributed by atoms with Gasteiger partial charge in [0.15, 0.2) is 0 Å². The molecule has 0 radical (unpaired) electrons. The molecule has 4 nitrogen and oxygen atoms in total. The quantitative estimate of drug-likeness (QED) is 0.914. The molecule has 22 heavy (non-hydrogen) atoms. The Kier molecular flexibility index (Phi) is 3.22. The van der Waals surface area contributed by atoms with Crippen molar-refractivity contribution in [1.82, 2.24) is 9.88 Å². The van der Waals surface area contributed by atoms with Crippen molar-refractivity contribution in [3.8, 4) is 0 Å².